The van der Waals surface area contributed by atoms with E-state index in [1.165, 1.54) is 0 Å². The third kappa shape index (κ3) is 2.02. The van der Waals surface area contributed by atoms with Crippen LogP contribution in [-0.4, -0.2) is 10.9 Å². The molecule has 0 unspecified atom stereocenters. The monoisotopic (exact) mass is 192 g/mol. The molecule has 1 atom stereocenters. The van der Waals surface area contributed by atoms with E-state index in [1.807, 2.05) is 19.9 Å². The van der Waals surface area contributed by atoms with Crippen LogP contribution in [0.4, 0.5) is 0 Å². The number of hydrogen-bond acceptors (Lipinski definition) is 2. The molecule has 76 valence electrons. The summed E-state index contributed by atoms with van der Waals surface area (Å²) in [5.41, 5.74) is 3.54. The lowest BCUT2D eigenvalue weighted by Gasteiger charge is -2.12. The van der Waals surface area contributed by atoms with E-state index in [1.54, 1.807) is 19.9 Å². The van der Waals surface area contributed by atoms with Crippen molar-refractivity contribution in [2.24, 2.45) is 0 Å². The number of benzene rings is 1. The van der Waals surface area contributed by atoms with Crippen LogP contribution in [0.5, 0.6) is 0 Å². The van der Waals surface area contributed by atoms with Crippen molar-refractivity contribution in [2.45, 2.75) is 33.8 Å². The average Bonchev–Trinajstić information content (AvgIpc) is 2.02. The van der Waals surface area contributed by atoms with Gasteiger partial charge in [0.25, 0.3) is 0 Å². The maximum atomic E-state index is 11.3. The van der Waals surface area contributed by atoms with Crippen molar-refractivity contribution in [3.63, 3.8) is 0 Å². The van der Waals surface area contributed by atoms with Gasteiger partial charge < -0.3 is 5.11 Å². The minimum absolute atomic E-state index is 0.0457. The summed E-state index contributed by atoms with van der Waals surface area (Å²) in [6, 6.07) is 3.73. The Bertz CT molecular complexity index is 365. The number of aryl methyl sites for hydroxylation is 2. The highest BCUT2D eigenvalue weighted by atomic mass is 16.3. The first kappa shape index (κ1) is 10.9. The lowest BCUT2D eigenvalue weighted by molar-refractivity contribution is 0.101. The Labute approximate surface area is 84.6 Å². The van der Waals surface area contributed by atoms with Gasteiger partial charge in [-0.15, -0.1) is 0 Å². The summed E-state index contributed by atoms with van der Waals surface area (Å²) in [4.78, 5) is 11.3. The van der Waals surface area contributed by atoms with E-state index in [0.29, 0.717) is 5.56 Å². The number of carbonyl (C=O) groups is 1. The van der Waals surface area contributed by atoms with Crippen molar-refractivity contribution < 1.29 is 9.90 Å². The highest BCUT2D eigenvalue weighted by molar-refractivity contribution is 5.95. The van der Waals surface area contributed by atoms with Gasteiger partial charge in [-0.3, -0.25) is 4.79 Å². The first-order valence-electron chi connectivity index (χ1n) is 4.73. The third-order valence-electron chi connectivity index (χ3n) is 2.44. The van der Waals surface area contributed by atoms with Crippen molar-refractivity contribution in [1.82, 2.24) is 0 Å². The maximum Gasteiger partial charge on any atom is 0.160 e. The summed E-state index contributed by atoms with van der Waals surface area (Å²) in [5.74, 6) is 0.0457. The van der Waals surface area contributed by atoms with Gasteiger partial charge in [-0.1, -0.05) is 6.07 Å². The van der Waals surface area contributed by atoms with E-state index >= 15 is 0 Å². The summed E-state index contributed by atoms with van der Waals surface area (Å²) in [6.07, 6.45) is -0.520. The topological polar surface area (TPSA) is 37.3 Å². The fourth-order valence-corrected chi connectivity index (χ4v) is 1.70. The van der Waals surface area contributed by atoms with Gasteiger partial charge in [-0.05, 0) is 50.5 Å². The van der Waals surface area contributed by atoms with E-state index in [4.69, 9.17) is 0 Å². The molecule has 2 heteroatoms. The van der Waals surface area contributed by atoms with Crippen LogP contribution in [0.2, 0.25) is 0 Å². The first-order chi connectivity index (χ1) is 6.43. The molecule has 1 rings (SSSR count). The molecular weight excluding hydrogens is 176 g/mol. The molecular formula is C12H16O2. The van der Waals surface area contributed by atoms with E-state index in [-0.39, 0.29) is 5.78 Å². The standard InChI is InChI=1S/C12H16O2/c1-7-5-8(2)12(10(4)14)6-11(7)9(3)13/h5-6,9,13H,1-4H3/t9-/m1/s1. The van der Waals surface area contributed by atoms with Crippen LogP contribution < -0.4 is 0 Å². The zero-order valence-electron chi connectivity index (χ0n) is 9.09. The molecule has 1 aromatic rings. The molecule has 0 saturated carbocycles. The van der Waals surface area contributed by atoms with Crippen LogP contribution >= 0.6 is 0 Å². The van der Waals surface area contributed by atoms with Crippen LogP contribution in [0.25, 0.3) is 0 Å². The molecule has 2 nitrogen and oxygen atoms in total. The molecule has 0 saturated heterocycles. The second-order valence-corrected chi connectivity index (χ2v) is 3.76. The molecule has 0 fully saturated rings. The average molecular weight is 192 g/mol. The quantitative estimate of drug-likeness (QED) is 0.731. The zero-order valence-corrected chi connectivity index (χ0v) is 9.09. The predicted molar refractivity (Wildman–Crippen MR) is 56.6 cm³/mol. The second-order valence-electron chi connectivity index (χ2n) is 3.76. The minimum atomic E-state index is -0.520. The number of carbonyl (C=O) groups excluding carboxylic acids is 1. The number of hydrogen-bond donors (Lipinski definition) is 1. The SMILES string of the molecule is CC(=O)c1cc([C@@H](C)O)c(C)cc1C. The fraction of sp³-hybridized carbons (Fsp3) is 0.417. The Morgan fingerprint density at radius 2 is 1.86 bits per heavy atom. The second kappa shape index (κ2) is 3.93. The number of rotatable bonds is 2. The molecule has 0 spiro atoms. The van der Waals surface area contributed by atoms with Crippen LogP contribution in [0.1, 0.15) is 47.0 Å². The highest BCUT2D eigenvalue weighted by Gasteiger charge is 2.10. The number of ketones is 1. The molecule has 0 amide bonds. The Kier molecular flexibility index (Phi) is 3.06. The number of aliphatic hydroxyl groups excluding tert-OH is 1. The van der Waals surface area contributed by atoms with Gasteiger partial charge in [0.15, 0.2) is 5.78 Å². The maximum absolute atomic E-state index is 11.3. The summed E-state index contributed by atoms with van der Waals surface area (Å²) in [5, 5.41) is 9.49. The Balaban J connectivity index is 3.34. The molecule has 0 aliphatic heterocycles. The van der Waals surface area contributed by atoms with Crippen molar-refractivity contribution in [3.05, 3.63) is 34.4 Å². The molecule has 0 bridgehead atoms. The highest BCUT2D eigenvalue weighted by Crippen LogP contribution is 2.22. The molecule has 0 radical (unpaired) electrons. The molecule has 0 aliphatic carbocycles. The van der Waals surface area contributed by atoms with Crippen LogP contribution in [-0.2, 0) is 0 Å². The molecule has 14 heavy (non-hydrogen) atoms. The normalized spacial score (nSPS) is 12.6. The third-order valence-corrected chi connectivity index (χ3v) is 2.44. The first-order valence-corrected chi connectivity index (χ1v) is 4.73. The largest absolute Gasteiger partial charge is 0.389 e. The summed E-state index contributed by atoms with van der Waals surface area (Å²) >= 11 is 0. The lowest BCUT2D eigenvalue weighted by atomic mass is 9.95. The van der Waals surface area contributed by atoms with Gasteiger partial charge in [0.1, 0.15) is 0 Å². The number of aliphatic hydroxyl groups is 1. The molecule has 0 aliphatic rings. The van der Waals surface area contributed by atoms with Gasteiger partial charge in [0.05, 0.1) is 6.10 Å². The molecule has 0 heterocycles. The Hall–Kier alpha value is -1.15. The summed E-state index contributed by atoms with van der Waals surface area (Å²) in [6.45, 7) is 7.11. The summed E-state index contributed by atoms with van der Waals surface area (Å²) < 4.78 is 0. The predicted octanol–water partition coefficient (Wildman–Crippen LogP) is 2.56. The van der Waals surface area contributed by atoms with Gasteiger partial charge in [-0.2, -0.15) is 0 Å². The van der Waals surface area contributed by atoms with E-state index in [9.17, 15) is 9.90 Å². The van der Waals surface area contributed by atoms with Crippen molar-refractivity contribution in [1.29, 1.82) is 0 Å². The Morgan fingerprint density at radius 1 is 1.29 bits per heavy atom. The summed E-state index contributed by atoms with van der Waals surface area (Å²) in [7, 11) is 0. The van der Waals surface area contributed by atoms with E-state index < -0.39 is 6.10 Å². The van der Waals surface area contributed by atoms with Crippen molar-refractivity contribution in [3.8, 4) is 0 Å². The van der Waals surface area contributed by atoms with Crippen molar-refractivity contribution in [2.75, 3.05) is 0 Å². The van der Waals surface area contributed by atoms with E-state index in [2.05, 4.69) is 0 Å². The fourth-order valence-electron chi connectivity index (χ4n) is 1.70. The number of Topliss-reactive ketones (excluding diaryl/α,β-unsaturated/α-hetero) is 1. The Morgan fingerprint density at radius 3 is 2.29 bits per heavy atom. The van der Waals surface area contributed by atoms with Crippen LogP contribution in [0.3, 0.4) is 0 Å². The zero-order chi connectivity index (χ0) is 10.9. The van der Waals surface area contributed by atoms with E-state index in [0.717, 1.165) is 16.7 Å². The molecule has 0 aromatic heterocycles. The van der Waals surface area contributed by atoms with Gasteiger partial charge >= 0.3 is 0 Å². The van der Waals surface area contributed by atoms with Gasteiger partial charge in [0.2, 0.25) is 0 Å². The van der Waals surface area contributed by atoms with Crippen LogP contribution in [0.15, 0.2) is 12.1 Å². The molecule has 1 N–H and O–H groups in total. The van der Waals surface area contributed by atoms with Gasteiger partial charge in [0, 0.05) is 5.56 Å². The van der Waals surface area contributed by atoms with Gasteiger partial charge in [-0.25, -0.2) is 0 Å². The smallest absolute Gasteiger partial charge is 0.160 e. The van der Waals surface area contributed by atoms with Crippen LogP contribution in [0, 0.1) is 13.8 Å². The van der Waals surface area contributed by atoms with Crippen molar-refractivity contribution >= 4 is 5.78 Å². The minimum Gasteiger partial charge on any atom is -0.389 e. The lowest BCUT2D eigenvalue weighted by Crippen LogP contribution is -2.02. The molecule has 1 aromatic carbocycles.